The first-order valence-electron chi connectivity index (χ1n) is 9.02. The molecule has 0 fully saturated rings. The van der Waals surface area contributed by atoms with Crippen LogP contribution in [0.25, 0.3) is 22.3 Å². The summed E-state index contributed by atoms with van der Waals surface area (Å²) in [6.07, 6.45) is 0. The summed E-state index contributed by atoms with van der Waals surface area (Å²) in [6.45, 7) is 0.278. The lowest BCUT2D eigenvalue weighted by atomic mass is 10.00. The second kappa shape index (κ2) is 8.28. The van der Waals surface area contributed by atoms with Gasteiger partial charge in [0.15, 0.2) is 0 Å². The SMILES string of the molecule is Fc1ccc(-c2ccc(Cl)cc2)c(COc2ccc(-c3ccccc3)cc2)c1. The first-order valence-corrected chi connectivity index (χ1v) is 9.39. The zero-order chi connectivity index (χ0) is 19.3. The smallest absolute Gasteiger partial charge is 0.123 e. The Bertz CT molecular complexity index is 1060. The van der Waals surface area contributed by atoms with E-state index in [1.54, 1.807) is 6.07 Å². The molecule has 0 atom stereocenters. The van der Waals surface area contributed by atoms with Gasteiger partial charge in [-0.05, 0) is 64.2 Å². The van der Waals surface area contributed by atoms with Gasteiger partial charge in [0.2, 0.25) is 0 Å². The lowest BCUT2D eigenvalue weighted by Gasteiger charge is -2.12. The number of ether oxygens (including phenoxy) is 1. The molecule has 0 aliphatic heterocycles. The average molecular weight is 389 g/mol. The van der Waals surface area contributed by atoms with E-state index >= 15 is 0 Å². The Morgan fingerprint density at radius 1 is 0.679 bits per heavy atom. The van der Waals surface area contributed by atoms with Crippen LogP contribution in [0.3, 0.4) is 0 Å². The van der Waals surface area contributed by atoms with E-state index in [4.69, 9.17) is 16.3 Å². The van der Waals surface area contributed by atoms with Crippen LogP contribution in [0, 0.1) is 5.82 Å². The predicted molar refractivity (Wildman–Crippen MR) is 113 cm³/mol. The maximum atomic E-state index is 13.8. The molecule has 0 aliphatic carbocycles. The van der Waals surface area contributed by atoms with Crippen molar-refractivity contribution in [1.29, 1.82) is 0 Å². The van der Waals surface area contributed by atoms with Crippen LogP contribution in [0.2, 0.25) is 5.02 Å². The minimum absolute atomic E-state index is 0.278. The summed E-state index contributed by atoms with van der Waals surface area (Å²) in [5, 5.41) is 0.669. The third-order valence-corrected chi connectivity index (χ3v) is 4.83. The van der Waals surface area contributed by atoms with Crippen LogP contribution in [-0.4, -0.2) is 0 Å². The van der Waals surface area contributed by atoms with Crippen molar-refractivity contribution in [2.24, 2.45) is 0 Å². The van der Waals surface area contributed by atoms with Gasteiger partial charge in [-0.2, -0.15) is 0 Å². The van der Waals surface area contributed by atoms with Crippen LogP contribution in [0.15, 0.2) is 97.1 Å². The lowest BCUT2D eigenvalue weighted by Crippen LogP contribution is -1.99. The Morgan fingerprint density at radius 2 is 1.32 bits per heavy atom. The number of rotatable bonds is 5. The van der Waals surface area contributed by atoms with E-state index in [-0.39, 0.29) is 12.4 Å². The molecule has 4 rings (SSSR count). The van der Waals surface area contributed by atoms with Crippen LogP contribution in [0.1, 0.15) is 5.56 Å². The van der Waals surface area contributed by atoms with Crippen LogP contribution >= 0.6 is 11.6 Å². The zero-order valence-electron chi connectivity index (χ0n) is 15.1. The molecule has 0 unspecified atom stereocenters. The third kappa shape index (κ3) is 4.24. The number of benzene rings is 4. The first kappa shape index (κ1) is 18.3. The second-order valence-corrected chi connectivity index (χ2v) is 6.92. The third-order valence-electron chi connectivity index (χ3n) is 4.58. The Hall–Kier alpha value is -3.10. The minimum atomic E-state index is -0.282. The van der Waals surface area contributed by atoms with Crippen molar-refractivity contribution in [3.8, 4) is 28.0 Å². The van der Waals surface area contributed by atoms with E-state index < -0.39 is 0 Å². The number of hydrogen-bond donors (Lipinski definition) is 0. The van der Waals surface area contributed by atoms with E-state index in [2.05, 4.69) is 12.1 Å². The lowest BCUT2D eigenvalue weighted by molar-refractivity contribution is 0.306. The normalized spacial score (nSPS) is 10.6. The van der Waals surface area contributed by atoms with Gasteiger partial charge in [-0.3, -0.25) is 0 Å². The van der Waals surface area contributed by atoms with E-state index in [0.29, 0.717) is 5.02 Å². The molecule has 0 spiro atoms. The van der Waals surface area contributed by atoms with E-state index in [1.165, 1.54) is 12.1 Å². The standard InChI is InChI=1S/C25H18ClFO/c26-22-10-6-20(7-11-22)25-15-12-23(27)16-21(25)17-28-24-13-8-19(9-14-24)18-4-2-1-3-5-18/h1-16H,17H2. The molecule has 28 heavy (non-hydrogen) atoms. The molecular formula is C25H18ClFO. The first-order chi connectivity index (χ1) is 13.7. The topological polar surface area (TPSA) is 9.23 Å². The van der Waals surface area contributed by atoms with Crippen molar-refractivity contribution in [3.63, 3.8) is 0 Å². The second-order valence-electron chi connectivity index (χ2n) is 6.49. The quantitative estimate of drug-likeness (QED) is 0.346. The summed E-state index contributed by atoms with van der Waals surface area (Å²) in [5.41, 5.74) is 4.97. The van der Waals surface area contributed by atoms with Crippen molar-refractivity contribution >= 4 is 11.6 Å². The van der Waals surface area contributed by atoms with Crippen molar-refractivity contribution in [2.75, 3.05) is 0 Å². The Morgan fingerprint density at radius 3 is 2.04 bits per heavy atom. The molecule has 3 heteroatoms. The van der Waals surface area contributed by atoms with Crippen LogP contribution in [-0.2, 0) is 6.61 Å². The molecule has 0 heterocycles. The van der Waals surface area contributed by atoms with Gasteiger partial charge < -0.3 is 4.74 Å². The Labute approximate surface area is 169 Å². The van der Waals surface area contributed by atoms with Gasteiger partial charge in [0, 0.05) is 5.02 Å². The fourth-order valence-corrected chi connectivity index (χ4v) is 3.25. The predicted octanol–water partition coefficient (Wildman–Crippen LogP) is 7.39. The maximum Gasteiger partial charge on any atom is 0.123 e. The van der Waals surface area contributed by atoms with Gasteiger partial charge in [0.05, 0.1) is 0 Å². The van der Waals surface area contributed by atoms with E-state index in [1.807, 2.05) is 66.7 Å². The molecule has 1 nitrogen and oxygen atoms in total. The summed E-state index contributed by atoms with van der Waals surface area (Å²) in [4.78, 5) is 0. The highest BCUT2D eigenvalue weighted by atomic mass is 35.5. The number of hydrogen-bond acceptors (Lipinski definition) is 1. The van der Waals surface area contributed by atoms with E-state index in [0.717, 1.165) is 33.6 Å². The molecule has 0 N–H and O–H groups in total. The highest BCUT2D eigenvalue weighted by molar-refractivity contribution is 6.30. The summed E-state index contributed by atoms with van der Waals surface area (Å²) < 4.78 is 19.7. The van der Waals surface area contributed by atoms with Gasteiger partial charge in [-0.25, -0.2) is 4.39 Å². The highest BCUT2D eigenvalue weighted by Crippen LogP contribution is 2.28. The Kier molecular flexibility index (Phi) is 5.41. The molecule has 4 aromatic carbocycles. The van der Waals surface area contributed by atoms with E-state index in [9.17, 15) is 4.39 Å². The average Bonchev–Trinajstić information content (AvgIpc) is 2.74. The maximum absolute atomic E-state index is 13.8. The summed E-state index contributed by atoms with van der Waals surface area (Å²) >= 11 is 5.98. The monoisotopic (exact) mass is 388 g/mol. The summed E-state index contributed by atoms with van der Waals surface area (Å²) in [7, 11) is 0. The van der Waals surface area contributed by atoms with Gasteiger partial charge in [0.25, 0.3) is 0 Å². The molecule has 4 aromatic rings. The molecular weight excluding hydrogens is 371 g/mol. The highest BCUT2D eigenvalue weighted by Gasteiger charge is 2.08. The molecule has 0 saturated carbocycles. The molecule has 0 amide bonds. The van der Waals surface area contributed by atoms with Gasteiger partial charge >= 0.3 is 0 Å². The van der Waals surface area contributed by atoms with Crippen molar-refractivity contribution in [2.45, 2.75) is 6.61 Å². The van der Waals surface area contributed by atoms with Crippen molar-refractivity contribution in [3.05, 3.63) is 113 Å². The summed E-state index contributed by atoms with van der Waals surface area (Å²) in [5.74, 6) is 0.460. The molecule has 0 bridgehead atoms. The van der Waals surface area contributed by atoms with Gasteiger partial charge in [-0.15, -0.1) is 0 Å². The largest absolute Gasteiger partial charge is 0.489 e. The van der Waals surface area contributed by atoms with Crippen LogP contribution in [0.5, 0.6) is 5.75 Å². The fraction of sp³-hybridized carbons (Fsp3) is 0.0400. The minimum Gasteiger partial charge on any atom is -0.489 e. The van der Waals surface area contributed by atoms with Crippen LogP contribution < -0.4 is 4.74 Å². The van der Waals surface area contributed by atoms with Crippen molar-refractivity contribution < 1.29 is 9.13 Å². The molecule has 0 radical (unpaired) electrons. The fourth-order valence-electron chi connectivity index (χ4n) is 3.13. The molecule has 0 aromatic heterocycles. The van der Waals surface area contributed by atoms with Gasteiger partial charge in [0.1, 0.15) is 18.2 Å². The molecule has 0 saturated heterocycles. The van der Waals surface area contributed by atoms with Crippen molar-refractivity contribution in [1.82, 2.24) is 0 Å². The van der Waals surface area contributed by atoms with Gasteiger partial charge in [-0.1, -0.05) is 72.3 Å². The molecule has 0 aliphatic rings. The Balaban J connectivity index is 1.53. The molecule has 138 valence electrons. The zero-order valence-corrected chi connectivity index (χ0v) is 15.9. The number of halogens is 2. The van der Waals surface area contributed by atoms with Crippen LogP contribution in [0.4, 0.5) is 4.39 Å². The summed E-state index contributed by atoms with van der Waals surface area (Å²) in [6, 6.07) is 30.3.